The first-order chi connectivity index (χ1) is 10.2. The van der Waals surface area contributed by atoms with E-state index in [9.17, 15) is 0 Å². The molecule has 0 heterocycles. The van der Waals surface area contributed by atoms with Crippen molar-refractivity contribution in [3.8, 4) is 11.5 Å². The molecule has 2 unspecified atom stereocenters. The van der Waals surface area contributed by atoms with Gasteiger partial charge in [0.25, 0.3) is 0 Å². The molecule has 1 fully saturated rings. The van der Waals surface area contributed by atoms with E-state index in [0.29, 0.717) is 17.9 Å². The van der Waals surface area contributed by atoms with Crippen LogP contribution in [0.4, 0.5) is 5.69 Å². The molecule has 4 nitrogen and oxygen atoms in total. The standard InChI is InChI=1S/C17H19N3O.HI/c1-12-10-16(12)20-17(18)19-13-6-5-9-15(11-13)21-14-7-3-2-4-8-14;/h2-9,11-12,16H,10H2,1H3,(H3,18,19,20);1H. The number of guanidine groups is 1. The molecule has 2 atom stereocenters. The highest BCUT2D eigenvalue weighted by Crippen LogP contribution is 2.32. The second kappa shape index (κ2) is 7.49. The van der Waals surface area contributed by atoms with Crippen molar-refractivity contribution >= 4 is 35.6 Å². The van der Waals surface area contributed by atoms with E-state index < -0.39 is 0 Å². The summed E-state index contributed by atoms with van der Waals surface area (Å²) in [5.74, 6) is 2.68. The van der Waals surface area contributed by atoms with Crippen LogP contribution in [0.1, 0.15) is 13.3 Å². The number of nitrogens with one attached hydrogen (secondary N) is 1. The molecule has 1 saturated carbocycles. The van der Waals surface area contributed by atoms with Gasteiger partial charge in [0.05, 0.1) is 6.04 Å². The molecule has 1 aliphatic carbocycles. The van der Waals surface area contributed by atoms with Crippen LogP contribution < -0.4 is 15.8 Å². The highest BCUT2D eigenvalue weighted by molar-refractivity contribution is 14.0. The maximum absolute atomic E-state index is 5.91. The van der Waals surface area contributed by atoms with E-state index >= 15 is 0 Å². The Bertz CT molecular complexity index is 645. The molecule has 116 valence electrons. The summed E-state index contributed by atoms with van der Waals surface area (Å²) in [4.78, 5) is 4.42. The number of benzene rings is 2. The molecule has 3 rings (SSSR count). The van der Waals surface area contributed by atoms with Gasteiger partial charge in [0, 0.05) is 11.8 Å². The second-order valence-electron chi connectivity index (χ2n) is 5.36. The molecule has 0 bridgehead atoms. The molecule has 0 saturated heterocycles. The number of ether oxygens (including phenoxy) is 1. The van der Waals surface area contributed by atoms with Gasteiger partial charge in [0.15, 0.2) is 5.96 Å². The van der Waals surface area contributed by atoms with Gasteiger partial charge >= 0.3 is 0 Å². The topological polar surface area (TPSA) is 59.6 Å². The summed E-state index contributed by atoms with van der Waals surface area (Å²) in [6, 6.07) is 17.7. The Morgan fingerprint density at radius 1 is 1.14 bits per heavy atom. The zero-order valence-electron chi connectivity index (χ0n) is 12.4. The fourth-order valence-corrected chi connectivity index (χ4v) is 2.10. The van der Waals surface area contributed by atoms with Gasteiger partial charge in [0.1, 0.15) is 11.5 Å². The number of para-hydroxylation sites is 1. The largest absolute Gasteiger partial charge is 0.457 e. The zero-order valence-corrected chi connectivity index (χ0v) is 14.7. The maximum Gasteiger partial charge on any atom is 0.193 e. The quantitative estimate of drug-likeness (QED) is 0.452. The van der Waals surface area contributed by atoms with Crippen LogP contribution in [0.2, 0.25) is 0 Å². The molecule has 0 spiro atoms. The summed E-state index contributed by atoms with van der Waals surface area (Å²) in [5.41, 5.74) is 6.78. The van der Waals surface area contributed by atoms with Gasteiger partial charge in [-0.25, -0.2) is 4.99 Å². The molecule has 3 N–H and O–H groups in total. The van der Waals surface area contributed by atoms with Crippen LogP contribution in [0.25, 0.3) is 0 Å². The van der Waals surface area contributed by atoms with E-state index in [4.69, 9.17) is 10.5 Å². The number of nitrogens with zero attached hydrogens (tertiary/aromatic N) is 1. The highest BCUT2D eigenvalue weighted by Gasteiger charge is 2.32. The molecular formula is C17H20IN3O. The molecule has 5 heteroatoms. The summed E-state index contributed by atoms with van der Waals surface area (Å²) in [7, 11) is 0. The fraction of sp³-hybridized carbons (Fsp3) is 0.235. The molecular weight excluding hydrogens is 389 g/mol. The Hall–Kier alpha value is -1.76. The van der Waals surface area contributed by atoms with Gasteiger partial charge in [-0.3, -0.25) is 0 Å². The van der Waals surface area contributed by atoms with Crippen LogP contribution in [-0.4, -0.2) is 12.0 Å². The highest BCUT2D eigenvalue weighted by atomic mass is 127. The Kier molecular flexibility index (Phi) is 5.65. The van der Waals surface area contributed by atoms with Gasteiger partial charge in [-0.05, 0) is 36.6 Å². The zero-order chi connectivity index (χ0) is 14.7. The number of hydrogen-bond acceptors (Lipinski definition) is 2. The SMILES string of the molecule is CC1CC1N=C(N)Nc1cccc(Oc2ccccc2)c1.I. The van der Waals surface area contributed by atoms with E-state index in [1.807, 2.05) is 54.6 Å². The monoisotopic (exact) mass is 409 g/mol. The first-order valence-electron chi connectivity index (χ1n) is 7.14. The molecule has 0 aromatic heterocycles. The number of anilines is 1. The van der Waals surface area contributed by atoms with Crippen molar-refractivity contribution in [2.45, 2.75) is 19.4 Å². The molecule has 2 aromatic rings. The van der Waals surface area contributed by atoms with Crippen LogP contribution in [0.5, 0.6) is 11.5 Å². The molecule has 2 aromatic carbocycles. The number of hydrogen-bond donors (Lipinski definition) is 2. The van der Waals surface area contributed by atoms with Gasteiger partial charge in [-0.2, -0.15) is 0 Å². The van der Waals surface area contributed by atoms with Crippen molar-refractivity contribution in [2.75, 3.05) is 5.32 Å². The summed E-state index contributed by atoms with van der Waals surface area (Å²) in [6.07, 6.45) is 1.12. The minimum absolute atomic E-state index is 0. The predicted molar refractivity (Wildman–Crippen MR) is 101 cm³/mol. The van der Waals surface area contributed by atoms with Crippen molar-refractivity contribution in [1.82, 2.24) is 0 Å². The van der Waals surface area contributed by atoms with E-state index in [-0.39, 0.29) is 24.0 Å². The third-order valence-electron chi connectivity index (χ3n) is 3.46. The minimum Gasteiger partial charge on any atom is -0.457 e. The summed E-state index contributed by atoms with van der Waals surface area (Å²) in [6.45, 7) is 2.18. The van der Waals surface area contributed by atoms with Crippen LogP contribution in [-0.2, 0) is 0 Å². The van der Waals surface area contributed by atoms with E-state index in [1.165, 1.54) is 0 Å². The summed E-state index contributed by atoms with van der Waals surface area (Å²) in [5, 5.41) is 3.11. The van der Waals surface area contributed by atoms with Crippen LogP contribution in [0.3, 0.4) is 0 Å². The van der Waals surface area contributed by atoms with E-state index in [0.717, 1.165) is 23.6 Å². The first-order valence-corrected chi connectivity index (χ1v) is 7.14. The number of halogens is 1. The number of rotatable bonds is 4. The predicted octanol–water partition coefficient (Wildman–Crippen LogP) is 4.23. The average molecular weight is 409 g/mol. The lowest BCUT2D eigenvalue weighted by Crippen LogP contribution is -2.23. The molecule has 22 heavy (non-hydrogen) atoms. The van der Waals surface area contributed by atoms with Gasteiger partial charge in [0.2, 0.25) is 0 Å². The van der Waals surface area contributed by atoms with E-state index in [2.05, 4.69) is 17.2 Å². The van der Waals surface area contributed by atoms with Gasteiger partial charge in [-0.15, -0.1) is 24.0 Å². The normalized spacial score (nSPS) is 20.0. The van der Waals surface area contributed by atoms with Gasteiger partial charge in [-0.1, -0.05) is 31.2 Å². The lowest BCUT2D eigenvalue weighted by Gasteiger charge is -2.09. The molecule has 0 aliphatic heterocycles. The Morgan fingerprint density at radius 2 is 1.82 bits per heavy atom. The number of aliphatic imine (C=N–C) groups is 1. The average Bonchev–Trinajstić information content (AvgIpc) is 3.15. The molecule has 0 amide bonds. The summed E-state index contributed by atoms with van der Waals surface area (Å²) >= 11 is 0. The summed E-state index contributed by atoms with van der Waals surface area (Å²) < 4.78 is 5.79. The van der Waals surface area contributed by atoms with E-state index in [1.54, 1.807) is 0 Å². The third kappa shape index (κ3) is 4.62. The van der Waals surface area contributed by atoms with Crippen molar-refractivity contribution in [3.63, 3.8) is 0 Å². The van der Waals surface area contributed by atoms with Crippen LogP contribution >= 0.6 is 24.0 Å². The molecule has 0 radical (unpaired) electrons. The lowest BCUT2D eigenvalue weighted by atomic mass is 10.3. The van der Waals surface area contributed by atoms with Crippen molar-refractivity contribution in [1.29, 1.82) is 0 Å². The number of nitrogens with two attached hydrogens (primary N) is 1. The fourth-order valence-electron chi connectivity index (χ4n) is 2.10. The van der Waals surface area contributed by atoms with Crippen molar-refractivity contribution in [2.24, 2.45) is 16.6 Å². The Balaban J connectivity index is 0.00000176. The van der Waals surface area contributed by atoms with Crippen LogP contribution in [0, 0.1) is 5.92 Å². The first kappa shape index (κ1) is 16.6. The third-order valence-corrected chi connectivity index (χ3v) is 3.46. The van der Waals surface area contributed by atoms with Gasteiger partial charge < -0.3 is 15.8 Å². The Labute approximate surface area is 147 Å². The second-order valence-corrected chi connectivity index (χ2v) is 5.36. The minimum atomic E-state index is 0. The maximum atomic E-state index is 5.91. The Morgan fingerprint density at radius 3 is 2.50 bits per heavy atom. The smallest absolute Gasteiger partial charge is 0.193 e. The van der Waals surface area contributed by atoms with Crippen LogP contribution in [0.15, 0.2) is 59.6 Å². The lowest BCUT2D eigenvalue weighted by molar-refractivity contribution is 0.483. The molecule has 1 aliphatic rings. The van der Waals surface area contributed by atoms with Crippen molar-refractivity contribution < 1.29 is 4.74 Å². The van der Waals surface area contributed by atoms with Crippen molar-refractivity contribution in [3.05, 3.63) is 54.6 Å².